The van der Waals surface area contributed by atoms with Crippen molar-refractivity contribution in [2.75, 3.05) is 24.7 Å². The molecule has 0 atom stereocenters. The molecule has 0 aliphatic heterocycles. The number of hydrogen-bond donors (Lipinski definition) is 0. The van der Waals surface area contributed by atoms with Crippen LogP contribution in [-0.4, -0.2) is 30.7 Å². The van der Waals surface area contributed by atoms with Crippen LogP contribution in [0.3, 0.4) is 0 Å². The Hall–Kier alpha value is -1.16. The van der Waals surface area contributed by atoms with Crippen LogP contribution in [0.1, 0.15) is 103 Å². The summed E-state index contributed by atoms with van der Waals surface area (Å²) in [5, 5.41) is 0. The fraction of sp³-hybridized carbons (Fsp3) is 0.731. The second kappa shape index (κ2) is 18.6. The summed E-state index contributed by atoms with van der Waals surface area (Å²) in [6.45, 7) is 7.33. The molecule has 172 valence electrons. The zero-order chi connectivity index (χ0) is 21.9. The van der Waals surface area contributed by atoms with Gasteiger partial charge in [-0.3, -0.25) is 4.79 Å². The summed E-state index contributed by atoms with van der Waals surface area (Å²) >= 11 is 1.87. The van der Waals surface area contributed by atoms with Crippen molar-refractivity contribution >= 4 is 17.7 Å². The number of rotatable bonds is 19. The van der Waals surface area contributed by atoms with Crippen molar-refractivity contribution in [3.05, 3.63) is 29.8 Å². The van der Waals surface area contributed by atoms with Gasteiger partial charge in [-0.1, -0.05) is 90.7 Å². The monoisotopic (exact) mass is 436 g/mol. The Morgan fingerprint density at radius 2 is 1.43 bits per heavy atom. The number of ether oxygens (including phenoxy) is 2. The highest BCUT2D eigenvalue weighted by Gasteiger charge is 2.04. The van der Waals surface area contributed by atoms with Gasteiger partial charge in [0.2, 0.25) is 0 Å². The van der Waals surface area contributed by atoms with Gasteiger partial charge >= 0.3 is 5.97 Å². The van der Waals surface area contributed by atoms with E-state index in [2.05, 4.69) is 32.9 Å². The molecule has 0 spiro atoms. The Bertz CT molecular complexity index is 528. The van der Waals surface area contributed by atoms with E-state index in [-0.39, 0.29) is 5.97 Å². The van der Waals surface area contributed by atoms with Crippen LogP contribution in [-0.2, 0) is 9.53 Å². The van der Waals surface area contributed by atoms with Gasteiger partial charge in [-0.15, -0.1) is 0 Å². The molecule has 0 fully saturated rings. The molecule has 0 amide bonds. The molecule has 0 unspecified atom stereocenters. The molecule has 0 aliphatic carbocycles. The lowest BCUT2D eigenvalue weighted by Gasteiger charge is -2.09. The first-order valence-electron chi connectivity index (χ1n) is 12.1. The summed E-state index contributed by atoms with van der Waals surface area (Å²) in [5.74, 6) is 3.22. The van der Waals surface area contributed by atoms with Crippen LogP contribution in [0.2, 0.25) is 0 Å². The quantitative estimate of drug-likeness (QED) is 0.164. The highest BCUT2D eigenvalue weighted by molar-refractivity contribution is 7.99. The standard InChI is InChI=1S/C26H44O3S/c1-4-5-6-7-8-9-10-11-12-13-21-30-22-18-26(27)29-20-19-28-25-16-14-24(15-17-25)23(2)3/h14-17,23H,4-13,18-22H2,1-3H3. The molecule has 0 aromatic heterocycles. The molecule has 0 bridgehead atoms. The van der Waals surface area contributed by atoms with Crippen LogP contribution in [0.4, 0.5) is 0 Å². The maximum atomic E-state index is 11.8. The van der Waals surface area contributed by atoms with Crippen molar-refractivity contribution in [3.63, 3.8) is 0 Å². The van der Waals surface area contributed by atoms with Crippen molar-refractivity contribution < 1.29 is 14.3 Å². The lowest BCUT2D eigenvalue weighted by Crippen LogP contribution is -2.12. The Morgan fingerprint density at radius 1 is 0.833 bits per heavy atom. The maximum Gasteiger partial charge on any atom is 0.306 e. The first kappa shape index (κ1) is 26.9. The van der Waals surface area contributed by atoms with Crippen LogP contribution < -0.4 is 4.74 Å². The largest absolute Gasteiger partial charge is 0.490 e. The van der Waals surface area contributed by atoms with Crippen LogP contribution in [0, 0.1) is 0 Å². The second-order valence-corrected chi connectivity index (χ2v) is 9.56. The summed E-state index contributed by atoms with van der Waals surface area (Å²) in [7, 11) is 0. The summed E-state index contributed by atoms with van der Waals surface area (Å²) < 4.78 is 10.9. The van der Waals surface area contributed by atoms with E-state index in [4.69, 9.17) is 9.47 Å². The van der Waals surface area contributed by atoms with Gasteiger partial charge in [-0.25, -0.2) is 0 Å². The lowest BCUT2D eigenvalue weighted by molar-refractivity contribution is -0.143. The third kappa shape index (κ3) is 14.8. The fourth-order valence-electron chi connectivity index (χ4n) is 3.29. The summed E-state index contributed by atoms with van der Waals surface area (Å²) in [4.78, 5) is 11.8. The zero-order valence-electron chi connectivity index (χ0n) is 19.6. The minimum Gasteiger partial charge on any atom is -0.490 e. The van der Waals surface area contributed by atoms with Crippen molar-refractivity contribution in [1.29, 1.82) is 0 Å². The molecule has 3 nitrogen and oxygen atoms in total. The molecular weight excluding hydrogens is 392 g/mol. The van der Waals surface area contributed by atoms with Crippen LogP contribution in [0.25, 0.3) is 0 Å². The smallest absolute Gasteiger partial charge is 0.306 e. The Morgan fingerprint density at radius 3 is 2.03 bits per heavy atom. The number of carbonyl (C=O) groups excluding carboxylic acids is 1. The van der Waals surface area contributed by atoms with Crippen molar-refractivity contribution in [2.45, 2.75) is 97.3 Å². The predicted molar refractivity (Wildman–Crippen MR) is 131 cm³/mol. The number of hydrogen-bond acceptors (Lipinski definition) is 4. The molecule has 30 heavy (non-hydrogen) atoms. The third-order valence-corrected chi connectivity index (χ3v) is 6.32. The molecule has 0 N–H and O–H groups in total. The molecule has 0 aliphatic rings. The maximum absolute atomic E-state index is 11.8. The van der Waals surface area contributed by atoms with E-state index >= 15 is 0 Å². The SMILES string of the molecule is CCCCCCCCCCCCSCCC(=O)OCCOc1ccc(C(C)C)cc1. The zero-order valence-corrected chi connectivity index (χ0v) is 20.4. The number of thioether (sulfide) groups is 1. The van der Waals surface area contributed by atoms with E-state index < -0.39 is 0 Å². The second-order valence-electron chi connectivity index (χ2n) is 8.34. The number of unbranched alkanes of at least 4 members (excludes halogenated alkanes) is 9. The molecule has 0 radical (unpaired) electrons. The predicted octanol–water partition coefficient (Wildman–Crippen LogP) is 7.78. The van der Waals surface area contributed by atoms with E-state index in [0.717, 1.165) is 17.3 Å². The van der Waals surface area contributed by atoms with Crippen LogP contribution in [0.5, 0.6) is 5.75 Å². The van der Waals surface area contributed by atoms with Gasteiger partial charge in [-0.2, -0.15) is 11.8 Å². The van der Waals surface area contributed by atoms with Gasteiger partial charge in [0.05, 0.1) is 6.42 Å². The van der Waals surface area contributed by atoms with Gasteiger partial charge in [0.25, 0.3) is 0 Å². The molecule has 1 aromatic rings. The third-order valence-electron chi connectivity index (χ3n) is 5.25. The minimum atomic E-state index is -0.121. The fourth-order valence-corrected chi connectivity index (χ4v) is 4.21. The minimum absolute atomic E-state index is 0.121. The highest BCUT2D eigenvalue weighted by atomic mass is 32.2. The lowest BCUT2D eigenvalue weighted by atomic mass is 10.0. The summed E-state index contributed by atoms with van der Waals surface area (Å²) in [5.41, 5.74) is 1.30. The van der Waals surface area contributed by atoms with Gasteiger partial charge in [0, 0.05) is 5.75 Å². The van der Waals surface area contributed by atoms with Gasteiger partial charge in [0.1, 0.15) is 19.0 Å². The highest BCUT2D eigenvalue weighted by Crippen LogP contribution is 2.18. The Balaban J connectivity index is 1.86. The van der Waals surface area contributed by atoms with E-state index in [1.165, 1.54) is 69.8 Å². The van der Waals surface area contributed by atoms with E-state index in [9.17, 15) is 4.79 Å². The van der Waals surface area contributed by atoms with E-state index in [1.807, 2.05) is 23.9 Å². The van der Waals surface area contributed by atoms with E-state index in [0.29, 0.717) is 25.6 Å². The molecule has 0 heterocycles. The number of benzene rings is 1. The Labute approximate surface area is 189 Å². The van der Waals surface area contributed by atoms with E-state index in [1.54, 1.807) is 0 Å². The molecule has 4 heteroatoms. The molecule has 1 rings (SSSR count). The van der Waals surface area contributed by atoms with Gasteiger partial charge in [-0.05, 0) is 35.8 Å². The molecule has 1 aromatic carbocycles. The molecule has 0 saturated carbocycles. The first-order valence-corrected chi connectivity index (χ1v) is 13.2. The number of carbonyl (C=O) groups is 1. The van der Waals surface area contributed by atoms with Crippen LogP contribution in [0.15, 0.2) is 24.3 Å². The average Bonchev–Trinajstić information content (AvgIpc) is 2.75. The van der Waals surface area contributed by atoms with Crippen molar-refractivity contribution in [2.24, 2.45) is 0 Å². The molecule has 0 saturated heterocycles. The van der Waals surface area contributed by atoms with Crippen molar-refractivity contribution in [3.8, 4) is 5.75 Å². The topological polar surface area (TPSA) is 35.5 Å². The van der Waals surface area contributed by atoms with Gasteiger partial charge in [0.15, 0.2) is 0 Å². The average molecular weight is 437 g/mol. The van der Waals surface area contributed by atoms with Crippen LogP contribution >= 0.6 is 11.8 Å². The normalized spacial score (nSPS) is 11.1. The van der Waals surface area contributed by atoms with Crippen molar-refractivity contribution in [1.82, 2.24) is 0 Å². The van der Waals surface area contributed by atoms with Gasteiger partial charge < -0.3 is 9.47 Å². The molecular formula is C26H44O3S. The summed E-state index contributed by atoms with van der Waals surface area (Å²) in [6, 6.07) is 8.11. The first-order chi connectivity index (χ1) is 14.6. The summed E-state index contributed by atoms with van der Waals surface area (Å²) in [6.07, 6.45) is 14.2. The Kier molecular flexibility index (Phi) is 16.7. The number of esters is 1.